The Morgan fingerprint density at radius 1 is 1.39 bits per heavy atom. The van der Waals surface area contributed by atoms with Crippen molar-refractivity contribution in [3.05, 3.63) is 23.8 Å². The molecule has 94 valence electrons. The van der Waals surface area contributed by atoms with Gasteiger partial charge >= 0.3 is 0 Å². The highest BCUT2D eigenvalue weighted by Crippen LogP contribution is 2.32. The van der Waals surface area contributed by atoms with Crippen LogP contribution >= 0.6 is 0 Å². The molecule has 0 spiro atoms. The fourth-order valence-electron chi connectivity index (χ4n) is 1.78. The summed E-state index contributed by atoms with van der Waals surface area (Å²) in [6.45, 7) is -0.179. The van der Waals surface area contributed by atoms with Crippen LogP contribution in [0.1, 0.15) is 10.4 Å². The first-order chi connectivity index (χ1) is 8.58. The summed E-state index contributed by atoms with van der Waals surface area (Å²) in [5.41, 5.74) is 0.706. The molecule has 0 saturated carbocycles. The van der Waals surface area contributed by atoms with Gasteiger partial charge in [-0.25, -0.2) is 0 Å². The van der Waals surface area contributed by atoms with Crippen LogP contribution in [-0.4, -0.2) is 38.3 Å². The van der Waals surface area contributed by atoms with E-state index in [0.29, 0.717) is 17.0 Å². The average molecular weight is 248 g/mol. The Morgan fingerprint density at radius 3 is 2.72 bits per heavy atom. The molecule has 0 unspecified atom stereocenters. The number of rotatable bonds is 3. The molecule has 1 N–H and O–H groups in total. The second kappa shape index (κ2) is 4.48. The minimum Gasteiger partial charge on any atom is -0.497 e. The topological polar surface area (TPSA) is 75.7 Å². The van der Waals surface area contributed by atoms with Gasteiger partial charge in [-0.05, 0) is 12.1 Å². The first kappa shape index (κ1) is 12.1. The molecule has 0 saturated heterocycles. The molecule has 0 bridgehead atoms. The number of Topliss-reactive ketones (excluding diaryl/α,β-unsaturated/α-hetero) is 1. The van der Waals surface area contributed by atoms with Crippen molar-refractivity contribution in [3.63, 3.8) is 0 Å². The SMILES string of the molecule is CNC(=O)CN1C(=O)C(=O)c2ccc(OC)cc21. The van der Waals surface area contributed by atoms with E-state index in [1.54, 1.807) is 12.1 Å². The number of nitrogens with one attached hydrogen (secondary N) is 1. The first-order valence-electron chi connectivity index (χ1n) is 5.33. The Hall–Kier alpha value is -2.37. The number of carbonyl (C=O) groups is 3. The standard InChI is InChI=1S/C12H12N2O4/c1-13-10(15)6-14-9-5-7(18-2)3-4-8(9)11(16)12(14)17/h3-5H,6H2,1-2H3,(H,13,15). The number of hydrogen-bond acceptors (Lipinski definition) is 4. The quantitative estimate of drug-likeness (QED) is 0.762. The average Bonchev–Trinajstić information content (AvgIpc) is 2.63. The molecule has 6 nitrogen and oxygen atoms in total. The number of benzene rings is 1. The van der Waals surface area contributed by atoms with Crippen LogP contribution in [0.25, 0.3) is 0 Å². The van der Waals surface area contributed by atoms with E-state index in [-0.39, 0.29) is 12.5 Å². The smallest absolute Gasteiger partial charge is 0.299 e. The van der Waals surface area contributed by atoms with E-state index >= 15 is 0 Å². The third-order valence-corrected chi connectivity index (χ3v) is 2.76. The van der Waals surface area contributed by atoms with Crippen LogP contribution in [0.2, 0.25) is 0 Å². The number of anilines is 1. The number of carbonyl (C=O) groups excluding carboxylic acids is 3. The van der Waals surface area contributed by atoms with Crippen LogP contribution in [0.3, 0.4) is 0 Å². The zero-order chi connectivity index (χ0) is 13.3. The Bertz CT molecular complexity index is 539. The Balaban J connectivity index is 2.42. The number of fused-ring (bicyclic) bond motifs is 1. The molecule has 2 rings (SSSR count). The van der Waals surface area contributed by atoms with Crippen LogP contribution in [0.15, 0.2) is 18.2 Å². The summed E-state index contributed by atoms with van der Waals surface area (Å²) < 4.78 is 5.04. The van der Waals surface area contributed by atoms with E-state index in [0.717, 1.165) is 4.90 Å². The molecule has 18 heavy (non-hydrogen) atoms. The molecule has 1 aliphatic rings. The molecule has 1 aliphatic heterocycles. The lowest BCUT2D eigenvalue weighted by atomic mass is 10.1. The predicted molar refractivity (Wildman–Crippen MR) is 63.7 cm³/mol. The molecular weight excluding hydrogens is 236 g/mol. The maximum Gasteiger partial charge on any atom is 0.299 e. The first-order valence-corrected chi connectivity index (χ1v) is 5.33. The highest BCUT2D eigenvalue weighted by molar-refractivity contribution is 6.52. The summed E-state index contributed by atoms with van der Waals surface area (Å²) in [6, 6.07) is 4.70. The fraction of sp³-hybridized carbons (Fsp3) is 0.250. The molecule has 0 aromatic heterocycles. The fourth-order valence-corrected chi connectivity index (χ4v) is 1.78. The number of hydrogen-bond donors (Lipinski definition) is 1. The minimum absolute atomic E-state index is 0.179. The summed E-state index contributed by atoms with van der Waals surface area (Å²) in [6.07, 6.45) is 0. The normalized spacial score (nSPS) is 13.6. The van der Waals surface area contributed by atoms with E-state index in [2.05, 4.69) is 5.32 Å². The third-order valence-electron chi connectivity index (χ3n) is 2.76. The summed E-state index contributed by atoms with van der Waals surface area (Å²) in [7, 11) is 2.96. The molecule has 0 radical (unpaired) electrons. The second-order valence-electron chi connectivity index (χ2n) is 3.78. The van der Waals surface area contributed by atoms with E-state index in [1.807, 2.05) is 0 Å². The highest BCUT2D eigenvalue weighted by atomic mass is 16.5. The van der Waals surface area contributed by atoms with Gasteiger partial charge in [0, 0.05) is 13.1 Å². The monoisotopic (exact) mass is 248 g/mol. The van der Waals surface area contributed by atoms with E-state index in [4.69, 9.17) is 4.74 Å². The van der Waals surface area contributed by atoms with Crippen molar-refractivity contribution in [3.8, 4) is 5.75 Å². The minimum atomic E-state index is -0.693. The maximum atomic E-state index is 11.8. The summed E-state index contributed by atoms with van der Waals surface area (Å²) in [5, 5.41) is 2.41. The number of ether oxygens (including phenoxy) is 1. The highest BCUT2D eigenvalue weighted by Gasteiger charge is 2.36. The Labute approximate surface area is 104 Å². The zero-order valence-electron chi connectivity index (χ0n) is 10.0. The van der Waals surface area contributed by atoms with Crippen LogP contribution in [0.4, 0.5) is 5.69 Å². The summed E-state index contributed by atoms with van der Waals surface area (Å²) in [4.78, 5) is 36.0. The van der Waals surface area contributed by atoms with Crippen molar-refractivity contribution in [1.29, 1.82) is 0 Å². The molecule has 6 heteroatoms. The van der Waals surface area contributed by atoms with Gasteiger partial charge in [-0.3, -0.25) is 19.3 Å². The molecule has 1 aromatic carbocycles. The molecule has 0 fully saturated rings. The molecular formula is C12H12N2O4. The predicted octanol–water partition coefficient (Wildman–Crippen LogP) is -0.0295. The van der Waals surface area contributed by atoms with Crippen molar-refractivity contribution < 1.29 is 19.1 Å². The van der Waals surface area contributed by atoms with Gasteiger partial charge < -0.3 is 10.1 Å². The van der Waals surface area contributed by atoms with Gasteiger partial charge in [-0.2, -0.15) is 0 Å². The maximum absolute atomic E-state index is 11.8. The number of nitrogens with zero attached hydrogens (tertiary/aromatic N) is 1. The summed E-state index contributed by atoms with van der Waals surface area (Å²) in [5.74, 6) is -1.11. The molecule has 1 heterocycles. The van der Waals surface area contributed by atoms with Gasteiger partial charge in [-0.1, -0.05) is 0 Å². The van der Waals surface area contributed by atoms with Gasteiger partial charge in [0.2, 0.25) is 5.91 Å². The van der Waals surface area contributed by atoms with Crippen LogP contribution in [0.5, 0.6) is 5.75 Å². The molecule has 2 amide bonds. The number of amides is 2. The molecule has 1 aromatic rings. The Morgan fingerprint density at radius 2 is 2.11 bits per heavy atom. The number of ketones is 1. The Kier molecular flexibility index (Phi) is 3.01. The van der Waals surface area contributed by atoms with Gasteiger partial charge in [-0.15, -0.1) is 0 Å². The van der Waals surface area contributed by atoms with E-state index < -0.39 is 11.7 Å². The van der Waals surface area contributed by atoms with Gasteiger partial charge in [0.15, 0.2) is 0 Å². The van der Waals surface area contributed by atoms with Gasteiger partial charge in [0.05, 0.1) is 18.4 Å². The zero-order valence-corrected chi connectivity index (χ0v) is 10.0. The van der Waals surface area contributed by atoms with Crippen LogP contribution in [0, 0.1) is 0 Å². The summed E-state index contributed by atoms with van der Waals surface area (Å²) >= 11 is 0. The van der Waals surface area contributed by atoms with Crippen LogP contribution < -0.4 is 15.0 Å². The molecule has 0 aliphatic carbocycles. The number of likely N-dealkylation sites (N-methyl/N-ethyl adjacent to an activating group) is 1. The lowest BCUT2D eigenvalue weighted by Crippen LogP contribution is -2.38. The lowest BCUT2D eigenvalue weighted by Gasteiger charge is -2.15. The largest absolute Gasteiger partial charge is 0.497 e. The third kappa shape index (κ3) is 1.81. The van der Waals surface area contributed by atoms with Crippen molar-refractivity contribution in [1.82, 2.24) is 5.32 Å². The van der Waals surface area contributed by atoms with Crippen molar-refractivity contribution in [2.45, 2.75) is 0 Å². The van der Waals surface area contributed by atoms with Crippen molar-refractivity contribution in [2.75, 3.05) is 25.6 Å². The van der Waals surface area contributed by atoms with E-state index in [9.17, 15) is 14.4 Å². The van der Waals surface area contributed by atoms with Crippen LogP contribution in [-0.2, 0) is 9.59 Å². The lowest BCUT2D eigenvalue weighted by molar-refractivity contribution is -0.121. The number of methoxy groups -OCH3 is 1. The van der Waals surface area contributed by atoms with Crippen molar-refractivity contribution in [2.24, 2.45) is 0 Å². The van der Waals surface area contributed by atoms with Gasteiger partial charge in [0.1, 0.15) is 12.3 Å². The molecule has 0 atom stereocenters. The van der Waals surface area contributed by atoms with E-state index in [1.165, 1.54) is 20.2 Å². The second-order valence-corrected chi connectivity index (χ2v) is 3.78. The van der Waals surface area contributed by atoms with Crippen molar-refractivity contribution >= 4 is 23.3 Å². The van der Waals surface area contributed by atoms with Gasteiger partial charge in [0.25, 0.3) is 11.7 Å².